The van der Waals surface area contributed by atoms with Gasteiger partial charge in [-0.3, -0.25) is 4.90 Å². The molecule has 25 heavy (non-hydrogen) atoms. The maximum Gasteiger partial charge on any atom is 0.338 e. The summed E-state index contributed by atoms with van der Waals surface area (Å²) in [6.45, 7) is 4.29. The molecular weight excluding hydrogens is 424 g/mol. The van der Waals surface area contributed by atoms with Gasteiger partial charge >= 0.3 is 12.0 Å². The first-order valence-corrected chi connectivity index (χ1v) is 10.3. The summed E-state index contributed by atoms with van der Waals surface area (Å²) in [6.07, 6.45) is 0. The summed E-state index contributed by atoms with van der Waals surface area (Å²) in [6, 6.07) is 5.12. The molecule has 3 rings (SSSR count). The predicted molar refractivity (Wildman–Crippen MR) is 102 cm³/mol. The summed E-state index contributed by atoms with van der Waals surface area (Å²) in [5.41, 5.74) is 1.11. The molecule has 1 atom stereocenters. The van der Waals surface area contributed by atoms with Gasteiger partial charge < -0.3 is 10.1 Å². The molecular formula is C17H17BrN2O3S2. The molecule has 0 radical (unpaired) electrons. The Labute approximate surface area is 162 Å². The van der Waals surface area contributed by atoms with Crippen molar-refractivity contribution in [3.63, 3.8) is 0 Å². The SMILES string of the molecule is CCOC(=O)C1=C(C)N(Cc2cccs2)C(=O)NC1c1cc(Br)cs1. The number of nitrogens with one attached hydrogen (secondary N) is 1. The third kappa shape index (κ3) is 3.80. The van der Waals surface area contributed by atoms with Gasteiger partial charge in [0.05, 0.1) is 24.8 Å². The number of amides is 2. The maximum absolute atomic E-state index is 12.7. The van der Waals surface area contributed by atoms with Crippen LogP contribution in [-0.2, 0) is 16.1 Å². The summed E-state index contributed by atoms with van der Waals surface area (Å²) >= 11 is 6.49. The summed E-state index contributed by atoms with van der Waals surface area (Å²) < 4.78 is 6.17. The number of halogens is 1. The van der Waals surface area contributed by atoms with E-state index in [0.717, 1.165) is 14.2 Å². The van der Waals surface area contributed by atoms with Gasteiger partial charge in [0, 0.05) is 25.3 Å². The molecule has 2 aromatic rings. The highest BCUT2D eigenvalue weighted by Crippen LogP contribution is 2.36. The van der Waals surface area contributed by atoms with Gasteiger partial charge in [-0.05, 0) is 47.3 Å². The minimum absolute atomic E-state index is 0.214. The standard InChI is InChI=1S/C17H17BrN2O3S2/c1-3-23-16(21)14-10(2)20(8-12-5-4-6-24-12)17(22)19-15(14)13-7-11(18)9-25-13/h4-7,9,15H,3,8H2,1-2H3,(H,19,22). The number of nitrogens with zero attached hydrogens (tertiary/aromatic N) is 1. The molecule has 0 saturated carbocycles. The largest absolute Gasteiger partial charge is 0.463 e. The third-order valence-electron chi connectivity index (χ3n) is 3.86. The van der Waals surface area contributed by atoms with E-state index in [0.29, 0.717) is 17.8 Å². The first kappa shape index (κ1) is 18.2. The highest BCUT2D eigenvalue weighted by atomic mass is 79.9. The van der Waals surface area contributed by atoms with Gasteiger partial charge in [0.2, 0.25) is 0 Å². The monoisotopic (exact) mass is 440 g/mol. The zero-order chi connectivity index (χ0) is 18.0. The quantitative estimate of drug-likeness (QED) is 0.686. The molecule has 2 aromatic heterocycles. The number of hydrogen-bond acceptors (Lipinski definition) is 5. The number of carbonyl (C=O) groups is 2. The van der Waals surface area contributed by atoms with E-state index in [9.17, 15) is 9.59 Å². The van der Waals surface area contributed by atoms with Gasteiger partial charge in [-0.25, -0.2) is 9.59 Å². The number of ether oxygens (including phenoxy) is 1. The molecule has 3 heterocycles. The van der Waals surface area contributed by atoms with Crippen LogP contribution in [0.1, 0.15) is 29.6 Å². The third-order valence-corrected chi connectivity index (χ3v) is 6.48. The molecule has 2 amide bonds. The minimum atomic E-state index is -0.498. The molecule has 0 saturated heterocycles. The number of thiophene rings is 2. The van der Waals surface area contributed by atoms with E-state index in [1.54, 1.807) is 30.1 Å². The van der Waals surface area contributed by atoms with Crippen LogP contribution in [0, 0.1) is 0 Å². The molecule has 0 aromatic carbocycles. The molecule has 0 fully saturated rings. The van der Waals surface area contributed by atoms with Crippen molar-refractivity contribution in [3.8, 4) is 0 Å². The summed E-state index contributed by atoms with van der Waals surface area (Å²) in [4.78, 5) is 28.8. The number of rotatable bonds is 5. The van der Waals surface area contributed by atoms with E-state index >= 15 is 0 Å². The van der Waals surface area contributed by atoms with Crippen LogP contribution in [0.25, 0.3) is 0 Å². The normalized spacial score (nSPS) is 17.6. The van der Waals surface area contributed by atoms with Crippen LogP contribution in [0.4, 0.5) is 4.79 Å². The second-order valence-corrected chi connectivity index (χ2v) is 8.33. The fourth-order valence-electron chi connectivity index (χ4n) is 2.70. The second-order valence-electron chi connectivity index (χ2n) is 5.43. The zero-order valence-electron chi connectivity index (χ0n) is 13.7. The van der Waals surface area contributed by atoms with Crippen LogP contribution < -0.4 is 5.32 Å². The molecule has 5 nitrogen and oxygen atoms in total. The zero-order valence-corrected chi connectivity index (χ0v) is 17.0. The number of urea groups is 1. The van der Waals surface area contributed by atoms with Crippen molar-refractivity contribution in [2.75, 3.05) is 6.61 Å². The average molecular weight is 441 g/mol. The Balaban J connectivity index is 2.01. The van der Waals surface area contributed by atoms with Crippen molar-refractivity contribution in [2.45, 2.75) is 26.4 Å². The summed E-state index contributed by atoms with van der Waals surface area (Å²) in [7, 11) is 0. The van der Waals surface area contributed by atoms with Crippen LogP contribution in [0.2, 0.25) is 0 Å². The van der Waals surface area contributed by atoms with Crippen LogP contribution in [0.15, 0.2) is 44.7 Å². The molecule has 0 aliphatic carbocycles. The molecule has 8 heteroatoms. The summed E-state index contributed by atoms with van der Waals surface area (Å²) in [5.74, 6) is -0.397. The van der Waals surface area contributed by atoms with Crippen molar-refractivity contribution in [3.05, 3.63) is 54.5 Å². The van der Waals surface area contributed by atoms with Crippen molar-refractivity contribution < 1.29 is 14.3 Å². The number of allylic oxidation sites excluding steroid dienone is 1. The minimum Gasteiger partial charge on any atom is -0.463 e. The van der Waals surface area contributed by atoms with E-state index in [2.05, 4.69) is 21.2 Å². The van der Waals surface area contributed by atoms with Gasteiger partial charge in [0.15, 0.2) is 0 Å². The molecule has 1 aliphatic rings. The smallest absolute Gasteiger partial charge is 0.338 e. The van der Waals surface area contributed by atoms with Crippen LogP contribution in [0.3, 0.4) is 0 Å². The Morgan fingerprint density at radius 2 is 2.24 bits per heavy atom. The Morgan fingerprint density at radius 3 is 2.84 bits per heavy atom. The van der Waals surface area contributed by atoms with Gasteiger partial charge in [-0.15, -0.1) is 22.7 Å². The first-order valence-electron chi connectivity index (χ1n) is 7.73. The Bertz CT molecular complexity index is 814. The molecule has 1 unspecified atom stereocenters. The lowest BCUT2D eigenvalue weighted by atomic mass is 10.0. The maximum atomic E-state index is 12.7. The molecule has 132 valence electrons. The summed E-state index contributed by atoms with van der Waals surface area (Å²) in [5, 5.41) is 6.85. The van der Waals surface area contributed by atoms with E-state index in [1.165, 1.54) is 11.3 Å². The van der Waals surface area contributed by atoms with Crippen molar-refractivity contribution >= 4 is 50.6 Å². The Morgan fingerprint density at radius 1 is 1.44 bits per heavy atom. The van der Waals surface area contributed by atoms with Crippen molar-refractivity contribution in [1.29, 1.82) is 0 Å². The highest BCUT2D eigenvalue weighted by Gasteiger charge is 2.37. The van der Waals surface area contributed by atoms with Crippen molar-refractivity contribution in [1.82, 2.24) is 10.2 Å². The molecule has 1 N–H and O–H groups in total. The molecule has 0 spiro atoms. The van der Waals surface area contributed by atoms with Crippen LogP contribution >= 0.6 is 38.6 Å². The van der Waals surface area contributed by atoms with Gasteiger partial charge in [0.25, 0.3) is 0 Å². The van der Waals surface area contributed by atoms with Gasteiger partial charge in [-0.2, -0.15) is 0 Å². The van der Waals surface area contributed by atoms with E-state index in [4.69, 9.17) is 4.74 Å². The van der Waals surface area contributed by atoms with Crippen LogP contribution in [0.5, 0.6) is 0 Å². The molecule has 0 bridgehead atoms. The topological polar surface area (TPSA) is 58.6 Å². The lowest BCUT2D eigenvalue weighted by Crippen LogP contribution is -2.47. The van der Waals surface area contributed by atoms with Crippen LogP contribution in [-0.4, -0.2) is 23.5 Å². The highest BCUT2D eigenvalue weighted by molar-refractivity contribution is 9.10. The Kier molecular flexibility index (Phi) is 5.61. The fraction of sp³-hybridized carbons (Fsp3) is 0.294. The van der Waals surface area contributed by atoms with Crippen molar-refractivity contribution in [2.24, 2.45) is 0 Å². The van der Waals surface area contributed by atoms with Gasteiger partial charge in [-0.1, -0.05) is 6.07 Å². The average Bonchev–Trinajstić information content (AvgIpc) is 3.22. The second kappa shape index (κ2) is 7.72. The van der Waals surface area contributed by atoms with E-state index < -0.39 is 12.0 Å². The first-order chi connectivity index (χ1) is 12.0. The fourth-order valence-corrected chi connectivity index (χ4v) is 4.89. The van der Waals surface area contributed by atoms with E-state index in [1.807, 2.05) is 29.0 Å². The lowest BCUT2D eigenvalue weighted by Gasteiger charge is -2.34. The van der Waals surface area contributed by atoms with Gasteiger partial charge in [0.1, 0.15) is 0 Å². The number of hydrogen-bond donors (Lipinski definition) is 1. The lowest BCUT2D eigenvalue weighted by molar-refractivity contribution is -0.139. The Hall–Kier alpha value is -1.64. The number of carbonyl (C=O) groups excluding carboxylic acids is 2. The molecule has 1 aliphatic heterocycles. The van der Waals surface area contributed by atoms with E-state index in [-0.39, 0.29) is 12.6 Å². The predicted octanol–water partition coefficient (Wildman–Crippen LogP) is 4.68. The number of esters is 1.